The number of aromatic nitrogens is 1. The second-order valence-corrected chi connectivity index (χ2v) is 7.90. The van der Waals surface area contributed by atoms with Crippen molar-refractivity contribution in [2.24, 2.45) is 0 Å². The fourth-order valence-corrected chi connectivity index (χ4v) is 3.92. The van der Waals surface area contributed by atoms with E-state index in [1.54, 1.807) is 12.1 Å². The van der Waals surface area contributed by atoms with Crippen LogP contribution in [-0.4, -0.2) is 41.3 Å². The lowest BCUT2D eigenvalue weighted by molar-refractivity contribution is -0.116. The molecule has 0 radical (unpaired) electrons. The monoisotopic (exact) mass is 426 g/mol. The first kappa shape index (κ1) is 22.7. The second kappa shape index (κ2) is 9.92. The van der Waals surface area contributed by atoms with Gasteiger partial charge in [-0.1, -0.05) is 13.8 Å². The molecule has 1 aromatic heterocycles. The van der Waals surface area contributed by atoms with Gasteiger partial charge in [-0.3, -0.25) is 9.59 Å². The van der Waals surface area contributed by atoms with Crippen molar-refractivity contribution in [2.75, 3.05) is 30.3 Å². The third kappa shape index (κ3) is 5.22. The SMILES string of the molecule is CCN(CC)CCCCC(=O)Nc1c(C)[nH]c(C=C2C(=O)Nc3ccc(F)cc32)c1C. The van der Waals surface area contributed by atoms with Crippen LogP contribution in [-0.2, 0) is 9.59 Å². The molecule has 0 unspecified atom stereocenters. The lowest BCUT2D eigenvalue weighted by Gasteiger charge is -2.17. The molecule has 7 heteroatoms. The van der Waals surface area contributed by atoms with E-state index in [0.29, 0.717) is 23.2 Å². The molecule has 0 saturated heterocycles. The highest BCUT2D eigenvalue weighted by Gasteiger charge is 2.25. The lowest BCUT2D eigenvalue weighted by Crippen LogP contribution is -2.24. The fourth-order valence-electron chi connectivity index (χ4n) is 3.92. The van der Waals surface area contributed by atoms with Gasteiger partial charge in [0.05, 0.1) is 11.3 Å². The summed E-state index contributed by atoms with van der Waals surface area (Å²) in [4.78, 5) is 30.4. The molecule has 1 aliphatic rings. The summed E-state index contributed by atoms with van der Waals surface area (Å²) < 4.78 is 13.7. The van der Waals surface area contributed by atoms with Gasteiger partial charge >= 0.3 is 0 Å². The van der Waals surface area contributed by atoms with Gasteiger partial charge in [0, 0.05) is 29.1 Å². The molecule has 0 spiro atoms. The van der Waals surface area contributed by atoms with Gasteiger partial charge in [0.15, 0.2) is 0 Å². The zero-order valence-corrected chi connectivity index (χ0v) is 18.7. The molecule has 166 valence electrons. The summed E-state index contributed by atoms with van der Waals surface area (Å²) in [5, 5.41) is 5.76. The maximum atomic E-state index is 13.7. The van der Waals surface area contributed by atoms with E-state index in [9.17, 15) is 14.0 Å². The van der Waals surface area contributed by atoms with Gasteiger partial charge in [0.2, 0.25) is 5.91 Å². The Morgan fingerprint density at radius 2 is 1.94 bits per heavy atom. The summed E-state index contributed by atoms with van der Waals surface area (Å²) in [6, 6.07) is 4.23. The molecule has 31 heavy (non-hydrogen) atoms. The first-order valence-corrected chi connectivity index (χ1v) is 10.9. The summed E-state index contributed by atoms with van der Waals surface area (Å²) >= 11 is 0. The van der Waals surface area contributed by atoms with Crippen LogP contribution >= 0.6 is 0 Å². The Balaban J connectivity index is 1.69. The summed E-state index contributed by atoms with van der Waals surface area (Å²) in [5.74, 6) is -0.685. The Hall–Kier alpha value is -2.93. The maximum Gasteiger partial charge on any atom is 0.256 e. The molecular weight excluding hydrogens is 395 g/mol. The van der Waals surface area contributed by atoms with Crippen LogP contribution in [0.15, 0.2) is 18.2 Å². The highest BCUT2D eigenvalue weighted by atomic mass is 19.1. The molecule has 2 amide bonds. The molecule has 2 heterocycles. The second-order valence-electron chi connectivity index (χ2n) is 7.90. The predicted octanol–water partition coefficient (Wildman–Crippen LogP) is 4.71. The minimum absolute atomic E-state index is 0.0185. The zero-order valence-electron chi connectivity index (χ0n) is 18.7. The standard InChI is InChI=1S/C24H31FN4O2/c1-5-29(6-2)12-8-7-9-22(30)28-23-15(3)21(26-16(23)4)14-19-18-13-17(25)10-11-20(18)27-24(19)31/h10-11,13-14,26H,5-9,12H2,1-4H3,(H,27,31)(H,28,30). The van der Waals surface area contributed by atoms with Gasteiger partial charge in [0.25, 0.3) is 5.91 Å². The summed E-state index contributed by atoms with van der Waals surface area (Å²) in [6.07, 6.45) is 4.01. The van der Waals surface area contributed by atoms with Crippen molar-refractivity contribution in [3.8, 4) is 0 Å². The number of H-pyrrole nitrogens is 1. The van der Waals surface area contributed by atoms with Crippen molar-refractivity contribution in [1.82, 2.24) is 9.88 Å². The van der Waals surface area contributed by atoms with E-state index in [1.807, 2.05) is 13.8 Å². The van der Waals surface area contributed by atoms with Crippen molar-refractivity contribution in [3.05, 3.63) is 46.5 Å². The average molecular weight is 427 g/mol. The average Bonchev–Trinajstić information content (AvgIpc) is 3.18. The largest absolute Gasteiger partial charge is 0.357 e. The van der Waals surface area contributed by atoms with Gasteiger partial charge in [-0.15, -0.1) is 0 Å². The number of carbonyl (C=O) groups is 2. The predicted molar refractivity (Wildman–Crippen MR) is 123 cm³/mol. The molecule has 0 bridgehead atoms. The van der Waals surface area contributed by atoms with E-state index in [-0.39, 0.29) is 11.8 Å². The van der Waals surface area contributed by atoms with Crippen molar-refractivity contribution in [2.45, 2.75) is 47.0 Å². The van der Waals surface area contributed by atoms with Crippen LogP contribution < -0.4 is 10.6 Å². The Kier molecular flexibility index (Phi) is 7.28. The number of hydrogen-bond acceptors (Lipinski definition) is 3. The molecule has 2 aromatic rings. The van der Waals surface area contributed by atoms with Crippen molar-refractivity contribution < 1.29 is 14.0 Å². The van der Waals surface area contributed by atoms with Gasteiger partial charge in [-0.25, -0.2) is 4.39 Å². The molecule has 0 fully saturated rings. The maximum absolute atomic E-state index is 13.7. The Bertz CT molecular complexity index is 1010. The summed E-state index contributed by atoms with van der Waals surface area (Å²) in [5.41, 5.74) is 4.65. The minimum atomic E-state index is -0.394. The third-order valence-corrected chi connectivity index (χ3v) is 5.82. The fraction of sp³-hybridized carbons (Fsp3) is 0.417. The molecule has 3 rings (SSSR count). The van der Waals surface area contributed by atoms with Crippen LogP contribution in [0.1, 0.15) is 55.6 Å². The number of nitrogens with zero attached hydrogens (tertiary/aromatic N) is 1. The van der Waals surface area contributed by atoms with E-state index in [1.165, 1.54) is 12.1 Å². The quantitative estimate of drug-likeness (QED) is 0.401. The molecular formula is C24H31FN4O2. The number of fused-ring (bicyclic) bond motifs is 1. The zero-order chi connectivity index (χ0) is 22.5. The number of anilines is 2. The molecule has 0 atom stereocenters. The van der Waals surface area contributed by atoms with E-state index in [0.717, 1.165) is 55.1 Å². The third-order valence-electron chi connectivity index (χ3n) is 5.82. The number of aromatic amines is 1. The molecule has 1 aromatic carbocycles. The number of nitrogens with one attached hydrogen (secondary N) is 3. The number of carbonyl (C=O) groups excluding carboxylic acids is 2. The van der Waals surface area contributed by atoms with Crippen LogP contribution in [0.25, 0.3) is 11.6 Å². The van der Waals surface area contributed by atoms with Crippen LogP contribution in [0, 0.1) is 19.7 Å². The summed E-state index contributed by atoms with van der Waals surface area (Å²) in [7, 11) is 0. The molecule has 0 saturated carbocycles. The molecule has 6 nitrogen and oxygen atoms in total. The first-order valence-electron chi connectivity index (χ1n) is 10.9. The summed E-state index contributed by atoms with van der Waals surface area (Å²) in [6.45, 7) is 11.1. The van der Waals surface area contributed by atoms with Crippen molar-refractivity contribution in [3.63, 3.8) is 0 Å². The molecule has 1 aliphatic heterocycles. The van der Waals surface area contributed by atoms with E-state index < -0.39 is 5.82 Å². The lowest BCUT2D eigenvalue weighted by atomic mass is 10.0. The number of benzene rings is 1. The normalized spacial score (nSPS) is 14.3. The van der Waals surface area contributed by atoms with Crippen LogP contribution in [0.5, 0.6) is 0 Å². The minimum Gasteiger partial charge on any atom is -0.357 e. The van der Waals surface area contributed by atoms with Crippen LogP contribution in [0.2, 0.25) is 0 Å². The van der Waals surface area contributed by atoms with Gasteiger partial charge in [-0.05, 0) is 76.2 Å². The van der Waals surface area contributed by atoms with Gasteiger partial charge in [-0.2, -0.15) is 0 Å². The number of aryl methyl sites for hydroxylation is 1. The van der Waals surface area contributed by atoms with Gasteiger partial charge in [0.1, 0.15) is 5.82 Å². The van der Waals surface area contributed by atoms with E-state index in [2.05, 4.69) is 34.4 Å². The smallest absolute Gasteiger partial charge is 0.256 e. The van der Waals surface area contributed by atoms with Crippen LogP contribution in [0.3, 0.4) is 0 Å². The van der Waals surface area contributed by atoms with Crippen LogP contribution in [0.4, 0.5) is 15.8 Å². The van der Waals surface area contributed by atoms with Crippen molar-refractivity contribution >= 4 is 34.8 Å². The Morgan fingerprint density at radius 3 is 2.65 bits per heavy atom. The number of hydrogen-bond donors (Lipinski definition) is 3. The van der Waals surface area contributed by atoms with E-state index >= 15 is 0 Å². The first-order chi connectivity index (χ1) is 14.8. The van der Waals surface area contributed by atoms with E-state index in [4.69, 9.17) is 0 Å². The Labute approximate surface area is 182 Å². The van der Waals surface area contributed by atoms with Gasteiger partial charge < -0.3 is 20.5 Å². The topological polar surface area (TPSA) is 77.2 Å². The molecule has 0 aliphatic carbocycles. The number of rotatable bonds is 9. The highest BCUT2D eigenvalue weighted by Crippen LogP contribution is 2.35. The number of halogens is 1. The molecule has 3 N–H and O–H groups in total. The Morgan fingerprint density at radius 1 is 1.19 bits per heavy atom. The van der Waals surface area contributed by atoms with Crippen molar-refractivity contribution in [1.29, 1.82) is 0 Å². The highest BCUT2D eigenvalue weighted by molar-refractivity contribution is 6.34. The number of unbranched alkanes of at least 4 members (excludes halogenated alkanes) is 1. The number of amides is 2.